The van der Waals surface area contributed by atoms with Gasteiger partial charge in [0.25, 0.3) is 0 Å². The molecule has 1 heterocycles. The van der Waals surface area contributed by atoms with Crippen molar-refractivity contribution >= 4 is 27.3 Å². The second-order valence-corrected chi connectivity index (χ2v) is 8.73. The van der Waals surface area contributed by atoms with Gasteiger partial charge in [0.05, 0.1) is 12.9 Å². The van der Waals surface area contributed by atoms with E-state index in [-0.39, 0.29) is 12.4 Å². The Kier molecular flexibility index (Phi) is 6.46. The normalized spacial score (nSPS) is 15.6. The molecule has 1 aliphatic rings. The van der Waals surface area contributed by atoms with E-state index in [2.05, 4.69) is 4.90 Å². The van der Waals surface area contributed by atoms with Crippen LogP contribution in [0.5, 0.6) is 11.5 Å². The lowest BCUT2D eigenvalue weighted by atomic mass is 10.2. The Morgan fingerprint density at radius 3 is 2.11 bits per heavy atom. The number of halogens is 1. The lowest BCUT2D eigenvalue weighted by Crippen LogP contribution is -2.49. The van der Waals surface area contributed by atoms with Crippen LogP contribution in [-0.4, -0.2) is 58.4 Å². The predicted molar refractivity (Wildman–Crippen MR) is 108 cm³/mol. The Morgan fingerprint density at radius 1 is 0.926 bits per heavy atom. The van der Waals surface area contributed by atoms with Crippen molar-refractivity contribution in [3.8, 4) is 11.5 Å². The van der Waals surface area contributed by atoms with Crippen LogP contribution < -0.4 is 14.4 Å². The van der Waals surface area contributed by atoms with Gasteiger partial charge in [-0.05, 0) is 48.5 Å². The Hall–Kier alpha value is -1.96. The number of anilines is 1. The molecule has 2 aromatic carbocycles. The van der Waals surface area contributed by atoms with Crippen LogP contribution in [-0.2, 0) is 10.0 Å². The molecular formula is C19H23ClN2O4S. The van der Waals surface area contributed by atoms with Crippen LogP contribution in [0.4, 0.5) is 5.69 Å². The van der Waals surface area contributed by atoms with Gasteiger partial charge in [-0.25, -0.2) is 8.42 Å². The second kappa shape index (κ2) is 8.82. The first kappa shape index (κ1) is 19.8. The lowest BCUT2D eigenvalue weighted by molar-refractivity contribution is 0.330. The van der Waals surface area contributed by atoms with Crippen molar-refractivity contribution in [2.75, 3.05) is 50.5 Å². The molecule has 27 heavy (non-hydrogen) atoms. The number of benzene rings is 2. The molecule has 8 heteroatoms. The molecule has 3 rings (SSSR count). The van der Waals surface area contributed by atoms with Gasteiger partial charge in [-0.2, -0.15) is 4.31 Å². The van der Waals surface area contributed by atoms with Gasteiger partial charge in [-0.3, -0.25) is 0 Å². The summed E-state index contributed by atoms with van der Waals surface area (Å²) < 4.78 is 37.3. The van der Waals surface area contributed by atoms with E-state index >= 15 is 0 Å². The maximum atomic E-state index is 12.6. The van der Waals surface area contributed by atoms with E-state index in [9.17, 15) is 8.42 Å². The Balaban J connectivity index is 1.48. The minimum absolute atomic E-state index is 0.0417. The van der Waals surface area contributed by atoms with Gasteiger partial charge in [0, 0.05) is 36.9 Å². The lowest BCUT2D eigenvalue weighted by Gasteiger charge is -2.35. The molecule has 6 nitrogen and oxygen atoms in total. The third-order valence-corrected chi connectivity index (χ3v) is 6.58. The highest BCUT2D eigenvalue weighted by Crippen LogP contribution is 2.21. The maximum Gasteiger partial charge on any atom is 0.217 e. The third-order valence-electron chi connectivity index (χ3n) is 4.49. The summed E-state index contributed by atoms with van der Waals surface area (Å²) in [6, 6.07) is 14.7. The third kappa shape index (κ3) is 5.28. The molecule has 0 spiro atoms. The number of methoxy groups -OCH3 is 1. The van der Waals surface area contributed by atoms with E-state index in [0.29, 0.717) is 37.0 Å². The van der Waals surface area contributed by atoms with Crippen LogP contribution in [0.15, 0.2) is 48.5 Å². The van der Waals surface area contributed by atoms with Crippen molar-refractivity contribution < 1.29 is 17.9 Å². The average Bonchev–Trinajstić information content (AvgIpc) is 2.69. The number of hydrogen-bond acceptors (Lipinski definition) is 5. The molecule has 0 N–H and O–H groups in total. The highest BCUT2D eigenvalue weighted by atomic mass is 35.5. The number of hydrogen-bond donors (Lipinski definition) is 0. The van der Waals surface area contributed by atoms with E-state index in [1.807, 2.05) is 24.3 Å². The zero-order valence-corrected chi connectivity index (χ0v) is 16.7. The topological polar surface area (TPSA) is 59.1 Å². The number of nitrogens with zero attached hydrogens (tertiary/aromatic N) is 2. The minimum atomic E-state index is -3.34. The van der Waals surface area contributed by atoms with Gasteiger partial charge in [0.15, 0.2) is 0 Å². The second-order valence-electron chi connectivity index (χ2n) is 6.20. The minimum Gasteiger partial charge on any atom is -0.497 e. The molecule has 1 fully saturated rings. The molecule has 0 aliphatic carbocycles. The summed E-state index contributed by atoms with van der Waals surface area (Å²) in [5.74, 6) is 1.31. The summed E-state index contributed by atoms with van der Waals surface area (Å²) in [4.78, 5) is 2.16. The Labute approximate surface area is 165 Å². The fraction of sp³-hybridized carbons (Fsp3) is 0.368. The van der Waals surface area contributed by atoms with E-state index in [1.165, 1.54) is 4.31 Å². The van der Waals surface area contributed by atoms with Crippen LogP contribution in [0.2, 0.25) is 5.02 Å². The van der Waals surface area contributed by atoms with Crippen molar-refractivity contribution in [1.29, 1.82) is 0 Å². The first-order chi connectivity index (χ1) is 13.0. The molecule has 0 radical (unpaired) electrons. The summed E-state index contributed by atoms with van der Waals surface area (Å²) >= 11 is 5.92. The van der Waals surface area contributed by atoms with Gasteiger partial charge >= 0.3 is 0 Å². The number of ether oxygens (including phenoxy) is 2. The predicted octanol–water partition coefficient (Wildman–Crippen LogP) is 2.88. The fourth-order valence-corrected chi connectivity index (χ4v) is 4.34. The summed E-state index contributed by atoms with van der Waals surface area (Å²) in [5, 5.41) is 0.692. The molecule has 0 unspecified atom stereocenters. The van der Waals surface area contributed by atoms with Crippen molar-refractivity contribution in [2.24, 2.45) is 0 Å². The first-order valence-electron chi connectivity index (χ1n) is 8.73. The molecule has 1 aliphatic heterocycles. The average molecular weight is 411 g/mol. The summed E-state index contributed by atoms with van der Waals surface area (Å²) in [6.07, 6.45) is 0. The standard InChI is InChI=1S/C19H23ClN2O4S/c1-25-18-6-8-19(9-7-18)26-14-15-27(23,24)22-12-10-21(11-13-22)17-4-2-16(20)3-5-17/h2-9H,10-15H2,1H3. The molecular weight excluding hydrogens is 388 g/mol. The van der Waals surface area contributed by atoms with Crippen molar-refractivity contribution in [3.63, 3.8) is 0 Å². The Morgan fingerprint density at radius 2 is 1.52 bits per heavy atom. The van der Waals surface area contributed by atoms with Crippen LogP contribution in [0.1, 0.15) is 0 Å². The first-order valence-corrected chi connectivity index (χ1v) is 10.7. The van der Waals surface area contributed by atoms with Crippen LogP contribution in [0, 0.1) is 0 Å². The molecule has 146 valence electrons. The fourth-order valence-electron chi connectivity index (χ4n) is 2.94. The molecule has 0 aromatic heterocycles. The maximum absolute atomic E-state index is 12.6. The number of rotatable bonds is 7. The number of piperazine rings is 1. The van der Waals surface area contributed by atoms with Gasteiger partial charge in [-0.1, -0.05) is 11.6 Å². The van der Waals surface area contributed by atoms with E-state index in [1.54, 1.807) is 31.4 Å². The van der Waals surface area contributed by atoms with Crippen LogP contribution in [0.3, 0.4) is 0 Å². The van der Waals surface area contributed by atoms with Crippen molar-refractivity contribution in [3.05, 3.63) is 53.6 Å². The zero-order chi connectivity index (χ0) is 19.3. The van der Waals surface area contributed by atoms with Gasteiger partial charge in [0.1, 0.15) is 18.1 Å². The van der Waals surface area contributed by atoms with E-state index in [0.717, 1.165) is 11.4 Å². The smallest absolute Gasteiger partial charge is 0.217 e. The highest BCUT2D eigenvalue weighted by Gasteiger charge is 2.26. The summed E-state index contributed by atoms with van der Waals surface area (Å²) in [6.45, 7) is 2.35. The molecule has 0 atom stereocenters. The van der Waals surface area contributed by atoms with Crippen LogP contribution in [0.25, 0.3) is 0 Å². The molecule has 0 saturated carbocycles. The van der Waals surface area contributed by atoms with Crippen molar-refractivity contribution in [2.45, 2.75) is 0 Å². The van der Waals surface area contributed by atoms with Gasteiger partial charge in [-0.15, -0.1) is 0 Å². The molecule has 2 aromatic rings. The highest BCUT2D eigenvalue weighted by molar-refractivity contribution is 7.89. The van der Waals surface area contributed by atoms with Crippen LogP contribution >= 0.6 is 11.6 Å². The van der Waals surface area contributed by atoms with Gasteiger partial charge < -0.3 is 14.4 Å². The SMILES string of the molecule is COc1ccc(OCCS(=O)(=O)N2CCN(c3ccc(Cl)cc3)CC2)cc1. The molecule has 1 saturated heterocycles. The molecule has 0 bridgehead atoms. The zero-order valence-electron chi connectivity index (χ0n) is 15.2. The van der Waals surface area contributed by atoms with Gasteiger partial charge in [0.2, 0.25) is 10.0 Å². The van der Waals surface area contributed by atoms with E-state index < -0.39 is 10.0 Å². The monoisotopic (exact) mass is 410 g/mol. The quantitative estimate of drug-likeness (QED) is 0.702. The summed E-state index contributed by atoms with van der Waals surface area (Å²) in [7, 11) is -1.75. The molecule has 0 amide bonds. The summed E-state index contributed by atoms with van der Waals surface area (Å²) in [5.41, 5.74) is 1.05. The number of sulfonamides is 1. The Bertz CT molecular complexity index is 833. The van der Waals surface area contributed by atoms with E-state index in [4.69, 9.17) is 21.1 Å². The van der Waals surface area contributed by atoms with Crippen molar-refractivity contribution in [1.82, 2.24) is 4.31 Å². The largest absolute Gasteiger partial charge is 0.497 e.